The van der Waals surface area contributed by atoms with Gasteiger partial charge in [-0.05, 0) is 12.8 Å². The topological polar surface area (TPSA) is 37.3 Å². The molecule has 0 aromatic heterocycles. The lowest BCUT2D eigenvalue weighted by molar-refractivity contribution is -0.142. The molecule has 1 atom stereocenters. The van der Waals surface area contributed by atoms with Gasteiger partial charge in [-0.25, -0.2) is 0 Å². The molecule has 2 nitrogen and oxygen atoms in total. The zero-order valence-electron chi connectivity index (χ0n) is 19.5. The molecule has 0 aromatic carbocycles. The van der Waals surface area contributed by atoms with Gasteiger partial charge in [0.05, 0.1) is 5.92 Å². The fourth-order valence-corrected chi connectivity index (χ4v) is 4.15. The lowest BCUT2D eigenvalue weighted by atomic mass is 9.94. The maximum absolute atomic E-state index is 11.5. The van der Waals surface area contributed by atoms with Crippen LogP contribution in [0.5, 0.6) is 0 Å². The average molecular weight is 397 g/mol. The van der Waals surface area contributed by atoms with E-state index in [9.17, 15) is 9.90 Å². The Morgan fingerprint density at radius 3 is 1.00 bits per heavy atom. The highest BCUT2D eigenvalue weighted by molar-refractivity contribution is 5.69. The van der Waals surface area contributed by atoms with Crippen LogP contribution in [0, 0.1) is 5.92 Å². The molecular weight excluding hydrogens is 344 g/mol. The highest BCUT2D eigenvalue weighted by atomic mass is 16.4. The number of hydrogen-bond acceptors (Lipinski definition) is 1. The largest absolute Gasteiger partial charge is 0.481 e. The first-order valence-corrected chi connectivity index (χ1v) is 12.9. The van der Waals surface area contributed by atoms with Gasteiger partial charge in [0.15, 0.2) is 0 Å². The first-order valence-electron chi connectivity index (χ1n) is 12.9. The second-order valence-corrected chi connectivity index (χ2v) is 8.98. The van der Waals surface area contributed by atoms with Crippen molar-refractivity contribution in [2.45, 2.75) is 155 Å². The third-order valence-electron chi connectivity index (χ3n) is 6.16. The van der Waals surface area contributed by atoms with E-state index in [1.54, 1.807) is 0 Å². The summed E-state index contributed by atoms with van der Waals surface area (Å²) in [7, 11) is 0. The molecule has 28 heavy (non-hydrogen) atoms. The lowest BCUT2D eigenvalue weighted by Gasteiger charge is -2.12. The van der Waals surface area contributed by atoms with Crippen LogP contribution in [-0.4, -0.2) is 11.1 Å². The summed E-state index contributed by atoms with van der Waals surface area (Å²) in [5.41, 5.74) is 0. The van der Waals surface area contributed by atoms with Crippen LogP contribution in [0.25, 0.3) is 0 Å². The van der Waals surface area contributed by atoms with Crippen molar-refractivity contribution in [3.8, 4) is 0 Å². The molecule has 0 aromatic rings. The van der Waals surface area contributed by atoms with Crippen molar-refractivity contribution in [3.05, 3.63) is 0 Å². The molecule has 1 N–H and O–H groups in total. The molecule has 0 aliphatic heterocycles. The van der Waals surface area contributed by atoms with E-state index < -0.39 is 5.97 Å². The van der Waals surface area contributed by atoms with Gasteiger partial charge in [-0.3, -0.25) is 4.79 Å². The SMILES string of the molecule is CCCCCCCCCCCCCCC(CCCCCCCCCC)C(=O)O. The fourth-order valence-electron chi connectivity index (χ4n) is 4.15. The van der Waals surface area contributed by atoms with Crippen molar-refractivity contribution in [1.82, 2.24) is 0 Å². The monoisotopic (exact) mass is 396 g/mol. The van der Waals surface area contributed by atoms with Gasteiger partial charge in [0, 0.05) is 0 Å². The summed E-state index contributed by atoms with van der Waals surface area (Å²) in [6, 6.07) is 0. The Morgan fingerprint density at radius 1 is 0.500 bits per heavy atom. The van der Waals surface area contributed by atoms with Crippen molar-refractivity contribution < 1.29 is 9.90 Å². The van der Waals surface area contributed by atoms with Crippen molar-refractivity contribution in [2.75, 3.05) is 0 Å². The van der Waals surface area contributed by atoms with Gasteiger partial charge in [0.2, 0.25) is 0 Å². The van der Waals surface area contributed by atoms with Gasteiger partial charge < -0.3 is 5.11 Å². The fraction of sp³-hybridized carbons (Fsp3) is 0.962. The quantitative estimate of drug-likeness (QED) is 0.175. The van der Waals surface area contributed by atoms with E-state index >= 15 is 0 Å². The Morgan fingerprint density at radius 2 is 0.750 bits per heavy atom. The Kier molecular flexibility index (Phi) is 22.3. The predicted octanol–water partition coefficient (Wildman–Crippen LogP) is 9.31. The summed E-state index contributed by atoms with van der Waals surface area (Å²) < 4.78 is 0. The molecule has 0 fully saturated rings. The molecule has 0 radical (unpaired) electrons. The molecule has 0 rings (SSSR count). The summed E-state index contributed by atoms with van der Waals surface area (Å²) in [5, 5.41) is 9.45. The van der Waals surface area contributed by atoms with Crippen LogP contribution in [-0.2, 0) is 4.79 Å². The van der Waals surface area contributed by atoms with E-state index in [2.05, 4.69) is 13.8 Å². The molecule has 168 valence electrons. The van der Waals surface area contributed by atoms with Crippen LogP contribution in [0.3, 0.4) is 0 Å². The zero-order chi connectivity index (χ0) is 20.7. The Bertz CT molecular complexity index is 314. The molecule has 0 amide bonds. The zero-order valence-corrected chi connectivity index (χ0v) is 19.5. The summed E-state index contributed by atoms with van der Waals surface area (Å²) >= 11 is 0. The molecule has 0 aliphatic rings. The van der Waals surface area contributed by atoms with Crippen molar-refractivity contribution in [1.29, 1.82) is 0 Å². The third-order valence-corrected chi connectivity index (χ3v) is 6.16. The van der Waals surface area contributed by atoms with E-state index in [1.807, 2.05) is 0 Å². The van der Waals surface area contributed by atoms with Gasteiger partial charge in [0.25, 0.3) is 0 Å². The summed E-state index contributed by atoms with van der Waals surface area (Å²) in [6.07, 6.45) is 28.2. The van der Waals surface area contributed by atoms with Crippen LogP contribution < -0.4 is 0 Å². The first-order chi connectivity index (χ1) is 13.7. The average Bonchev–Trinajstić information content (AvgIpc) is 2.68. The van der Waals surface area contributed by atoms with Gasteiger partial charge in [-0.1, -0.05) is 142 Å². The summed E-state index contributed by atoms with van der Waals surface area (Å²) in [4.78, 5) is 11.5. The van der Waals surface area contributed by atoms with Gasteiger partial charge in [-0.15, -0.1) is 0 Å². The molecule has 0 saturated heterocycles. The van der Waals surface area contributed by atoms with Crippen LogP contribution in [0.4, 0.5) is 0 Å². The number of aliphatic carboxylic acids is 1. The van der Waals surface area contributed by atoms with Gasteiger partial charge >= 0.3 is 5.97 Å². The number of unbranched alkanes of at least 4 members (excludes halogenated alkanes) is 18. The molecular formula is C26H52O2. The van der Waals surface area contributed by atoms with E-state index in [1.165, 1.54) is 116 Å². The number of hydrogen-bond donors (Lipinski definition) is 1. The van der Waals surface area contributed by atoms with Crippen molar-refractivity contribution >= 4 is 5.97 Å². The van der Waals surface area contributed by atoms with Crippen molar-refractivity contribution in [3.63, 3.8) is 0 Å². The Balaban J connectivity index is 3.43. The highest BCUT2D eigenvalue weighted by Gasteiger charge is 2.16. The molecule has 0 saturated carbocycles. The molecule has 0 bridgehead atoms. The summed E-state index contributed by atoms with van der Waals surface area (Å²) in [5.74, 6) is -0.658. The van der Waals surface area contributed by atoms with Gasteiger partial charge in [-0.2, -0.15) is 0 Å². The van der Waals surface area contributed by atoms with E-state index in [0.29, 0.717) is 0 Å². The smallest absolute Gasteiger partial charge is 0.306 e. The third kappa shape index (κ3) is 20.2. The lowest BCUT2D eigenvalue weighted by Crippen LogP contribution is -2.13. The minimum atomic E-state index is -0.564. The number of carboxylic acids is 1. The molecule has 1 unspecified atom stereocenters. The maximum atomic E-state index is 11.5. The molecule has 0 spiro atoms. The highest BCUT2D eigenvalue weighted by Crippen LogP contribution is 2.20. The van der Waals surface area contributed by atoms with Crippen LogP contribution >= 0.6 is 0 Å². The van der Waals surface area contributed by atoms with Gasteiger partial charge in [0.1, 0.15) is 0 Å². The van der Waals surface area contributed by atoms with E-state index in [4.69, 9.17) is 0 Å². The predicted molar refractivity (Wildman–Crippen MR) is 124 cm³/mol. The van der Waals surface area contributed by atoms with Crippen LogP contribution in [0.1, 0.15) is 155 Å². The number of rotatable bonds is 23. The standard InChI is InChI=1S/C26H52O2/c1-3-5-7-9-11-13-14-15-16-18-20-22-24-25(26(27)28)23-21-19-17-12-10-8-6-4-2/h25H,3-24H2,1-2H3,(H,27,28). The Hall–Kier alpha value is -0.530. The normalized spacial score (nSPS) is 12.4. The minimum absolute atomic E-state index is 0.0942. The van der Waals surface area contributed by atoms with Crippen LogP contribution in [0.15, 0.2) is 0 Å². The minimum Gasteiger partial charge on any atom is -0.481 e. The Labute approximate surface area is 177 Å². The van der Waals surface area contributed by atoms with Crippen LogP contribution in [0.2, 0.25) is 0 Å². The second-order valence-electron chi connectivity index (χ2n) is 8.98. The second kappa shape index (κ2) is 22.8. The number of carbonyl (C=O) groups is 1. The maximum Gasteiger partial charge on any atom is 0.306 e. The van der Waals surface area contributed by atoms with Crippen molar-refractivity contribution in [2.24, 2.45) is 5.92 Å². The molecule has 2 heteroatoms. The van der Waals surface area contributed by atoms with E-state index in [0.717, 1.165) is 25.7 Å². The first kappa shape index (κ1) is 27.5. The molecule has 0 heterocycles. The van der Waals surface area contributed by atoms with E-state index in [-0.39, 0.29) is 5.92 Å². The summed E-state index contributed by atoms with van der Waals surface area (Å²) in [6.45, 7) is 4.53. The number of carboxylic acid groups (broad SMARTS) is 1. The molecule has 0 aliphatic carbocycles.